The lowest BCUT2D eigenvalue weighted by molar-refractivity contribution is 0.0685. The summed E-state index contributed by atoms with van der Waals surface area (Å²) in [6.07, 6.45) is 1.92. The standard InChI is InChI=1S/C10H13ClN2O2/c1-7-5-9(15-12-7)10(14)13-4-2-3-8(11)6-13/h5,8H,2-4,6H2,1H3. The largest absolute Gasteiger partial charge is 0.351 e. The van der Waals surface area contributed by atoms with E-state index in [0.717, 1.165) is 25.1 Å². The van der Waals surface area contributed by atoms with Crippen LogP contribution in [-0.2, 0) is 0 Å². The summed E-state index contributed by atoms with van der Waals surface area (Å²) in [4.78, 5) is 13.6. The highest BCUT2D eigenvalue weighted by Crippen LogP contribution is 2.17. The van der Waals surface area contributed by atoms with Gasteiger partial charge in [-0.15, -0.1) is 11.6 Å². The third-order valence-electron chi connectivity index (χ3n) is 2.49. The van der Waals surface area contributed by atoms with Crippen LogP contribution in [0.4, 0.5) is 0 Å². The normalized spacial score (nSPS) is 21.7. The lowest BCUT2D eigenvalue weighted by atomic mass is 10.1. The number of nitrogens with zero attached hydrogens (tertiary/aromatic N) is 2. The van der Waals surface area contributed by atoms with Crippen molar-refractivity contribution in [1.82, 2.24) is 10.1 Å². The molecule has 2 rings (SSSR count). The molecule has 4 nitrogen and oxygen atoms in total. The molecular formula is C10H13ClN2O2. The summed E-state index contributed by atoms with van der Waals surface area (Å²) < 4.78 is 4.93. The Kier molecular flexibility index (Phi) is 2.95. The van der Waals surface area contributed by atoms with Gasteiger partial charge >= 0.3 is 0 Å². The summed E-state index contributed by atoms with van der Waals surface area (Å²) in [5.74, 6) is 0.194. The summed E-state index contributed by atoms with van der Waals surface area (Å²) in [5, 5.41) is 3.76. The summed E-state index contributed by atoms with van der Waals surface area (Å²) >= 11 is 6.01. The van der Waals surface area contributed by atoms with Gasteiger partial charge in [0.1, 0.15) is 0 Å². The van der Waals surface area contributed by atoms with Crippen LogP contribution >= 0.6 is 11.6 Å². The number of amides is 1. The van der Waals surface area contributed by atoms with E-state index in [9.17, 15) is 4.79 Å². The second kappa shape index (κ2) is 4.23. The van der Waals surface area contributed by atoms with Gasteiger partial charge in [-0.2, -0.15) is 0 Å². The first-order valence-electron chi connectivity index (χ1n) is 5.03. The molecule has 1 unspecified atom stereocenters. The van der Waals surface area contributed by atoms with Gasteiger partial charge in [0.2, 0.25) is 5.76 Å². The Morgan fingerprint density at radius 2 is 2.53 bits per heavy atom. The zero-order chi connectivity index (χ0) is 10.8. The second-order valence-corrected chi connectivity index (χ2v) is 4.44. The third-order valence-corrected chi connectivity index (χ3v) is 2.85. The summed E-state index contributed by atoms with van der Waals surface area (Å²) in [6.45, 7) is 3.14. The summed E-state index contributed by atoms with van der Waals surface area (Å²) in [7, 11) is 0. The summed E-state index contributed by atoms with van der Waals surface area (Å²) in [5.41, 5.74) is 0.720. The highest BCUT2D eigenvalue weighted by atomic mass is 35.5. The summed E-state index contributed by atoms with van der Waals surface area (Å²) in [6, 6.07) is 1.65. The van der Waals surface area contributed by atoms with Gasteiger partial charge in [-0.05, 0) is 19.8 Å². The maximum absolute atomic E-state index is 11.9. The number of carbonyl (C=O) groups excluding carboxylic acids is 1. The lowest BCUT2D eigenvalue weighted by Crippen LogP contribution is -2.40. The number of likely N-dealkylation sites (tertiary alicyclic amines) is 1. The van der Waals surface area contributed by atoms with E-state index in [-0.39, 0.29) is 11.3 Å². The second-order valence-electron chi connectivity index (χ2n) is 3.82. The quantitative estimate of drug-likeness (QED) is 0.689. The number of alkyl halides is 1. The molecule has 1 amide bonds. The van der Waals surface area contributed by atoms with E-state index in [1.165, 1.54) is 0 Å². The van der Waals surface area contributed by atoms with Gasteiger partial charge in [0, 0.05) is 19.2 Å². The first kappa shape index (κ1) is 10.5. The molecule has 0 radical (unpaired) electrons. The minimum absolute atomic E-state index is 0.0618. The van der Waals surface area contributed by atoms with Crippen LogP contribution in [0.15, 0.2) is 10.6 Å². The van der Waals surface area contributed by atoms with Crippen molar-refractivity contribution in [3.05, 3.63) is 17.5 Å². The predicted molar refractivity (Wildman–Crippen MR) is 56.0 cm³/mol. The molecule has 1 aromatic heterocycles. The smallest absolute Gasteiger partial charge is 0.292 e. The fraction of sp³-hybridized carbons (Fsp3) is 0.600. The Hall–Kier alpha value is -1.03. The number of hydrogen-bond donors (Lipinski definition) is 0. The lowest BCUT2D eigenvalue weighted by Gasteiger charge is -2.28. The first-order chi connectivity index (χ1) is 7.16. The Balaban J connectivity index is 2.07. The number of rotatable bonds is 1. The highest BCUT2D eigenvalue weighted by Gasteiger charge is 2.25. The molecule has 1 saturated heterocycles. The molecule has 1 aromatic rings. The van der Waals surface area contributed by atoms with Crippen molar-refractivity contribution in [3.63, 3.8) is 0 Å². The number of halogens is 1. The highest BCUT2D eigenvalue weighted by molar-refractivity contribution is 6.21. The van der Waals surface area contributed by atoms with Crippen molar-refractivity contribution in [2.24, 2.45) is 0 Å². The number of aryl methyl sites for hydroxylation is 1. The average Bonchev–Trinajstić information content (AvgIpc) is 2.64. The fourth-order valence-corrected chi connectivity index (χ4v) is 2.05. The van der Waals surface area contributed by atoms with E-state index in [1.54, 1.807) is 17.9 Å². The van der Waals surface area contributed by atoms with Gasteiger partial charge in [0.15, 0.2) is 0 Å². The maximum Gasteiger partial charge on any atom is 0.292 e. The zero-order valence-corrected chi connectivity index (χ0v) is 9.33. The predicted octanol–water partition coefficient (Wildman–Crippen LogP) is 1.83. The van der Waals surface area contributed by atoms with Crippen LogP contribution in [0.5, 0.6) is 0 Å². The van der Waals surface area contributed by atoms with Gasteiger partial charge in [0.25, 0.3) is 5.91 Å². The van der Waals surface area contributed by atoms with Gasteiger partial charge in [0.05, 0.1) is 11.1 Å². The molecule has 1 aliphatic heterocycles. The van der Waals surface area contributed by atoms with Crippen molar-refractivity contribution >= 4 is 17.5 Å². The molecule has 0 aliphatic carbocycles. The first-order valence-corrected chi connectivity index (χ1v) is 5.47. The molecule has 1 aliphatic rings. The number of hydrogen-bond acceptors (Lipinski definition) is 3. The monoisotopic (exact) mass is 228 g/mol. The molecule has 1 fully saturated rings. The molecule has 0 saturated carbocycles. The Morgan fingerprint density at radius 1 is 1.73 bits per heavy atom. The van der Waals surface area contributed by atoms with Gasteiger partial charge in [-0.1, -0.05) is 5.16 Å². The molecule has 0 N–H and O–H groups in total. The van der Waals surface area contributed by atoms with E-state index < -0.39 is 0 Å². The van der Waals surface area contributed by atoms with E-state index in [1.807, 2.05) is 0 Å². The van der Waals surface area contributed by atoms with Gasteiger partial charge in [-0.3, -0.25) is 4.79 Å². The minimum Gasteiger partial charge on any atom is -0.351 e. The van der Waals surface area contributed by atoms with E-state index in [0.29, 0.717) is 12.3 Å². The average molecular weight is 229 g/mol. The van der Waals surface area contributed by atoms with Crippen molar-refractivity contribution in [2.45, 2.75) is 25.1 Å². The molecule has 5 heteroatoms. The van der Waals surface area contributed by atoms with Crippen LogP contribution in [0.3, 0.4) is 0 Å². The van der Waals surface area contributed by atoms with E-state index in [2.05, 4.69) is 5.16 Å². The molecule has 0 spiro atoms. The SMILES string of the molecule is Cc1cc(C(=O)N2CCCC(Cl)C2)on1. The van der Waals surface area contributed by atoms with E-state index >= 15 is 0 Å². The van der Waals surface area contributed by atoms with Crippen molar-refractivity contribution in [2.75, 3.05) is 13.1 Å². The Bertz CT molecular complexity index is 364. The third kappa shape index (κ3) is 2.31. The molecule has 0 bridgehead atoms. The van der Waals surface area contributed by atoms with Crippen LogP contribution in [0.25, 0.3) is 0 Å². The minimum atomic E-state index is -0.110. The van der Waals surface area contributed by atoms with Crippen molar-refractivity contribution < 1.29 is 9.32 Å². The fourth-order valence-electron chi connectivity index (χ4n) is 1.73. The van der Waals surface area contributed by atoms with Crippen molar-refractivity contribution in [1.29, 1.82) is 0 Å². The van der Waals surface area contributed by atoms with E-state index in [4.69, 9.17) is 16.1 Å². The number of carbonyl (C=O) groups is 1. The topological polar surface area (TPSA) is 46.3 Å². The van der Waals surface area contributed by atoms with Crippen molar-refractivity contribution in [3.8, 4) is 0 Å². The Morgan fingerprint density at radius 3 is 3.13 bits per heavy atom. The molecule has 15 heavy (non-hydrogen) atoms. The molecule has 1 atom stereocenters. The number of piperidine rings is 1. The molecule has 2 heterocycles. The van der Waals surface area contributed by atoms with Gasteiger partial charge in [-0.25, -0.2) is 0 Å². The van der Waals surface area contributed by atoms with Crippen LogP contribution in [0, 0.1) is 6.92 Å². The maximum atomic E-state index is 11.9. The zero-order valence-electron chi connectivity index (χ0n) is 8.57. The Labute approximate surface area is 93.2 Å². The van der Waals surface area contributed by atoms with Gasteiger partial charge < -0.3 is 9.42 Å². The molecule has 0 aromatic carbocycles. The molecular weight excluding hydrogens is 216 g/mol. The van der Waals surface area contributed by atoms with Crippen LogP contribution in [-0.4, -0.2) is 34.4 Å². The number of aromatic nitrogens is 1. The molecule has 82 valence electrons. The van der Waals surface area contributed by atoms with Crippen LogP contribution in [0.2, 0.25) is 0 Å². The van der Waals surface area contributed by atoms with Crippen LogP contribution < -0.4 is 0 Å². The van der Waals surface area contributed by atoms with Crippen LogP contribution in [0.1, 0.15) is 29.1 Å².